The highest BCUT2D eigenvalue weighted by Gasteiger charge is 2.22. The molecule has 0 spiro atoms. The van der Waals surface area contributed by atoms with Crippen LogP contribution < -0.4 is 0 Å². The number of nitrogens with zero attached hydrogens (tertiary/aromatic N) is 4. The highest BCUT2D eigenvalue weighted by atomic mass is 32.1. The number of rotatable bonds is 5. The van der Waals surface area contributed by atoms with E-state index in [2.05, 4.69) is 138 Å². The molecule has 0 atom stereocenters. The number of hydrogen-bond acceptors (Lipinski definition) is 4. The van der Waals surface area contributed by atoms with E-state index in [1.54, 1.807) is 11.3 Å². The number of thiophene rings is 1. The third kappa shape index (κ3) is 5.11. The summed E-state index contributed by atoms with van der Waals surface area (Å²) in [6, 6.07) is 54.5. The van der Waals surface area contributed by atoms with Crippen LogP contribution in [0.5, 0.6) is 0 Å². The zero-order valence-electron chi connectivity index (χ0n) is 35.8. The molecular weight excluding hydrogens is 725 g/mol. The first kappa shape index (κ1) is 28.0. The highest BCUT2D eigenvalue weighted by molar-refractivity contribution is 7.26. The Balaban J connectivity index is 1.23. The maximum absolute atomic E-state index is 8.95. The number of para-hydroxylation sites is 2. The number of benzene rings is 9. The minimum atomic E-state index is -0.479. The van der Waals surface area contributed by atoms with E-state index in [1.807, 2.05) is 30.3 Å². The second kappa shape index (κ2) is 13.1. The van der Waals surface area contributed by atoms with E-state index in [1.165, 1.54) is 10.8 Å². The molecule has 0 fully saturated rings. The van der Waals surface area contributed by atoms with Gasteiger partial charge in [0.2, 0.25) is 0 Å². The Morgan fingerprint density at radius 2 is 1.05 bits per heavy atom. The minimum absolute atomic E-state index is 0.00398. The van der Waals surface area contributed by atoms with E-state index < -0.39 is 18.1 Å². The average Bonchev–Trinajstić information content (AvgIpc) is 3.88. The normalized spacial score (nSPS) is 13.0. The quantitative estimate of drug-likeness (QED) is 0.164. The van der Waals surface area contributed by atoms with Gasteiger partial charge in [0.1, 0.15) is 0 Å². The monoisotopic (exact) mass is 761 g/mol. The van der Waals surface area contributed by atoms with Crippen molar-refractivity contribution in [3.63, 3.8) is 0 Å². The van der Waals surface area contributed by atoms with Gasteiger partial charge in [0, 0.05) is 53.3 Å². The first-order chi connectivity index (χ1) is 30.8. The summed E-state index contributed by atoms with van der Waals surface area (Å²) in [4.78, 5) is 15.1. The Bertz CT molecular complexity index is 3800. The van der Waals surface area contributed by atoms with Crippen LogP contribution in [0.4, 0.5) is 0 Å². The van der Waals surface area contributed by atoms with E-state index >= 15 is 0 Å². The molecule has 12 aromatic rings. The molecule has 9 aromatic carbocycles. The molecule has 4 nitrogen and oxygen atoms in total. The van der Waals surface area contributed by atoms with Crippen molar-refractivity contribution in [1.82, 2.24) is 19.5 Å². The van der Waals surface area contributed by atoms with Crippen molar-refractivity contribution in [2.24, 2.45) is 0 Å². The zero-order valence-corrected chi connectivity index (χ0v) is 31.6. The predicted molar refractivity (Wildman–Crippen MR) is 244 cm³/mol. The van der Waals surface area contributed by atoms with Gasteiger partial charge in [-0.3, -0.25) is 0 Å². The van der Waals surface area contributed by atoms with E-state index in [4.69, 9.17) is 21.8 Å². The van der Waals surface area contributed by atoms with Gasteiger partial charge < -0.3 is 4.57 Å². The summed E-state index contributed by atoms with van der Waals surface area (Å²) >= 11 is 1.66. The van der Waals surface area contributed by atoms with Crippen molar-refractivity contribution in [2.75, 3.05) is 0 Å². The maximum Gasteiger partial charge on any atom is 0.165 e. The van der Waals surface area contributed by atoms with E-state index in [0.29, 0.717) is 17.2 Å². The SMILES string of the molecule is [2H]c1c([2H])c([2H])c(-c2nc(-c3ccccc3)nc(-c3cc(-n4c5ccccc5c5ccccc54)cc4c3sc3cccc(-c5cc6ccccc6c6ccccc56)c34)n2)c([2H])c1[2H]. The van der Waals surface area contributed by atoms with Crippen molar-refractivity contribution in [1.29, 1.82) is 0 Å². The summed E-state index contributed by atoms with van der Waals surface area (Å²) in [5, 5.41) is 9.09. The Morgan fingerprint density at radius 3 is 1.81 bits per heavy atom. The summed E-state index contributed by atoms with van der Waals surface area (Å²) in [7, 11) is 0. The van der Waals surface area contributed by atoms with E-state index in [0.717, 1.165) is 75.1 Å². The lowest BCUT2D eigenvalue weighted by Crippen LogP contribution is -2.01. The molecule has 0 unspecified atom stereocenters. The third-order valence-electron chi connectivity index (χ3n) is 11.1. The first-order valence-electron chi connectivity index (χ1n) is 21.6. The van der Waals surface area contributed by atoms with E-state index in [9.17, 15) is 0 Å². The number of hydrogen-bond donors (Lipinski definition) is 0. The summed E-state index contributed by atoms with van der Waals surface area (Å²) in [5.41, 5.74) is 6.58. The first-order valence-corrected chi connectivity index (χ1v) is 19.9. The molecule has 3 heterocycles. The van der Waals surface area contributed by atoms with E-state index in [-0.39, 0.29) is 23.5 Å². The van der Waals surface area contributed by atoms with Gasteiger partial charge >= 0.3 is 0 Å². The molecule has 270 valence electrons. The fourth-order valence-corrected chi connectivity index (χ4v) is 9.82. The molecule has 12 rings (SSSR count). The second-order valence-electron chi connectivity index (χ2n) is 14.4. The van der Waals surface area contributed by atoms with Crippen LogP contribution in [-0.4, -0.2) is 19.5 Å². The summed E-state index contributed by atoms with van der Waals surface area (Å²) in [6.45, 7) is 0. The van der Waals surface area contributed by atoms with Crippen molar-refractivity contribution in [3.05, 3.63) is 194 Å². The Morgan fingerprint density at radius 1 is 0.431 bits per heavy atom. The van der Waals surface area contributed by atoms with Crippen LogP contribution in [0.25, 0.3) is 115 Å². The minimum Gasteiger partial charge on any atom is -0.309 e. The van der Waals surface area contributed by atoms with Gasteiger partial charge in [0.25, 0.3) is 0 Å². The van der Waals surface area contributed by atoms with Crippen molar-refractivity contribution < 1.29 is 6.85 Å². The Hall–Kier alpha value is -7.47. The van der Waals surface area contributed by atoms with Gasteiger partial charge in [-0.1, -0.05) is 158 Å². The number of aromatic nitrogens is 4. The number of fused-ring (bicyclic) bond motifs is 9. The molecule has 5 heteroatoms. The van der Waals surface area contributed by atoms with Gasteiger partial charge in [-0.15, -0.1) is 11.3 Å². The standard InChI is InChI=1S/C53H32N4S/c1-3-16-33(17-4-1)51-54-52(34-18-5-2-6-19-34)56-53(55-51)45-32-36(57-46-27-13-11-24-40(46)41-25-12-14-28-47(41)57)31-44-49-42(26-15-29-48(49)58-50(44)45)43-30-35-20-7-8-21-37(35)38-22-9-10-23-39(38)43/h1-32H/i1D,3D,4D,16D,17D. The summed E-state index contributed by atoms with van der Waals surface area (Å²) in [5.74, 6) is 0.639. The van der Waals surface area contributed by atoms with Gasteiger partial charge in [0.15, 0.2) is 17.5 Å². The van der Waals surface area contributed by atoms with Crippen LogP contribution in [0.3, 0.4) is 0 Å². The van der Waals surface area contributed by atoms with Crippen LogP contribution in [0, 0.1) is 0 Å². The van der Waals surface area contributed by atoms with Gasteiger partial charge in [-0.05, 0) is 69.1 Å². The lowest BCUT2D eigenvalue weighted by Gasteiger charge is -2.14. The van der Waals surface area contributed by atoms with Gasteiger partial charge in [-0.25, -0.2) is 15.0 Å². The molecule has 0 saturated heterocycles. The molecule has 0 aliphatic carbocycles. The highest BCUT2D eigenvalue weighted by Crippen LogP contribution is 2.47. The Labute approximate surface area is 345 Å². The lowest BCUT2D eigenvalue weighted by molar-refractivity contribution is 1.07. The summed E-state index contributed by atoms with van der Waals surface area (Å²) in [6.07, 6.45) is 0. The molecule has 58 heavy (non-hydrogen) atoms. The van der Waals surface area contributed by atoms with Crippen LogP contribution in [0.1, 0.15) is 6.85 Å². The molecule has 0 saturated carbocycles. The molecule has 0 N–H and O–H groups in total. The molecule has 0 amide bonds. The smallest absolute Gasteiger partial charge is 0.165 e. The molecule has 3 aromatic heterocycles. The molecule has 0 radical (unpaired) electrons. The fraction of sp³-hybridized carbons (Fsp3) is 0. The zero-order chi connectivity index (χ0) is 42.5. The lowest BCUT2D eigenvalue weighted by atomic mass is 9.91. The average molecular weight is 762 g/mol. The molecule has 0 aliphatic rings. The van der Waals surface area contributed by atoms with Crippen LogP contribution >= 0.6 is 11.3 Å². The predicted octanol–water partition coefficient (Wildman–Crippen LogP) is 14.3. The molecular formula is C53H32N4S. The van der Waals surface area contributed by atoms with Crippen LogP contribution in [0.15, 0.2) is 194 Å². The van der Waals surface area contributed by atoms with Gasteiger partial charge in [0.05, 0.1) is 17.9 Å². The van der Waals surface area contributed by atoms with Crippen molar-refractivity contribution >= 4 is 74.9 Å². The van der Waals surface area contributed by atoms with Crippen molar-refractivity contribution in [3.8, 4) is 51.0 Å². The van der Waals surface area contributed by atoms with Gasteiger partial charge in [-0.2, -0.15) is 0 Å². The second-order valence-corrected chi connectivity index (χ2v) is 15.4. The maximum atomic E-state index is 8.95. The Kier molecular flexibility index (Phi) is 6.30. The van der Waals surface area contributed by atoms with Crippen LogP contribution in [0.2, 0.25) is 0 Å². The topological polar surface area (TPSA) is 43.6 Å². The fourth-order valence-electron chi connectivity index (χ4n) is 8.60. The molecule has 0 aliphatic heterocycles. The van der Waals surface area contributed by atoms with Crippen molar-refractivity contribution in [2.45, 2.75) is 0 Å². The molecule has 0 bridgehead atoms. The summed E-state index contributed by atoms with van der Waals surface area (Å²) < 4.78 is 47.6. The third-order valence-corrected chi connectivity index (χ3v) is 12.3. The largest absolute Gasteiger partial charge is 0.309 e. The van der Waals surface area contributed by atoms with Crippen LogP contribution in [-0.2, 0) is 0 Å².